The van der Waals surface area contributed by atoms with Gasteiger partial charge in [0.15, 0.2) is 11.5 Å². The van der Waals surface area contributed by atoms with Crippen LogP contribution in [0.25, 0.3) is 0 Å². The highest BCUT2D eigenvalue weighted by atomic mass is 16.6. The van der Waals surface area contributed by atoms with Gasteiger partial charge in [-0.05, 0) is 55.9 Å². The van der Waals surface area contributed by atoms with Gasteiger partial charge >= 0.3 is 5.97 Å². The first-order chi connectivity index (χ1) is 19.3. The molecule has 1 heterocycles. The molecule has 9 nitrogen and oxygen atoms in total. The number of rotatable bonds is 7. The maximum atomic E-state index is 13.9. The summed E-state index contributed by atoms with van der Waals surface area (Å²) < 4.78 is 16.8. The Morgan fingerprint density at radius 3 is 2.42 bits per heavy atom. The molecule has 2 aliphatic carbocycles. The fraction of sp³-hybridized carbons (Fsp3) is 0.419. The maximum absolute atomic E-state index is 13.9. The lowest BCUT2D eigenvalue weighted by Gasteiger charge is -2.40. The molecule has 2 aromatic rings. The highest BCUT2D eigenvalue weighted by Crippen LogP contribution is 2.47. The Balaban J connectivity index is 1.57. The zero-order valence-corrected chi connectivity index (χ0v) is 23.0. The van der Waals surface area contributed by atoms with E-state index in [4.69, 9.17) is 14.2 Å². The number of benzene rings is 2. The smallest absolute Gasteiger partial charge is 0.336 e. The predicted molar refractivity (Wildman–Crippen MR) is 148 cm³/mol. The maximum Gasteiger partial charge on any atom is 0.336 e. The van der Waals surface area contributed by atoms with Gasteiger partial charge in [0.1, 0.15) is 11.9 Å². The highest BCUT2D eigenvalue weighted by molar-refractivity contribution is 5.96. The number of nitrogens with zero attached hydrogens (tertiary/aromatic N) is 1. The van der Waals surface area contributed by atoms with Crippen LogP contribution in [-0.4, -0.2) is 37.0 Å². The van der Waals surface area contributed by atoms with E-state index in [9.17, 15) is 19.7 Å². The summed E-state index contributed by atoms with van der Waals surface area (Å²) in [5.74, 6) is -0.985. The van der Waals surface area contributed by atoms with E-state index in [1.165, 1.54) is 12.1 Å². The summed E-state index contributed by atoms with van der Waals surface area (Å²) >= 11 is 0. The molecule has 2 aromatic carbocycles. The number of carbonyl (C=O) groups is 2. The first kappa shape index (κ1) is 27.4. The van der Waals surface area contributed by atoms with Crippen molar-refractivity contribution in [1.82, 2.24) is 5.32 Å². The number of methoxy groups -OCH3 is 2. The summed E-state index contributed by atoms with van der Waals surface area (Å²) in [6.07, 6.45) is 6.83. The van der Waals surface area contributed by atoms with Crippen LogP contribution in [0, 0.1) is 16.0 Å². The minimum Gasteiger partial charge on any atom is -0.493 e. The fourth-order valence-electron chi connectivity index (χ4n) is 6.23. The fourth-order valence-corrected chi connectivity index (χ4v) is 6.23. The van der Waals surface area contributed by atoms with Crippen molar-refractivity contribution in [3.05, 3.63) is 86.7 Å². The van der Waals surface area contributed by atoms with Crippen LogP contribution in [0.15, 0.2) is 65.5 Å². The second-order valence-electron chi connectivity index (χ2n) is 10.6. The largest absolute Gasteiger partial charge is 0.493 e. The Morgan fingerprint density at radius 1 is 0.975 bits per heavy atom. The van der Waals surface area contributed by atoms with Crippen molar-refractivity contribution in [3.63, 3.8) is 0 Å². The lowest BCUT2D eigenvalue weighted by Crippen LogP contribution is -2.42. The first-order valence-electron chi connectivity index (χ1n) is 13.7. The number of hydrogen-bond acceptors (Lipinski definition) is 8. The molecule has 1 aliphatic heterocycles. The molecule has 3 unspecified atom stereocenters. The van der Waals surface area contributed by atoms with Crippen molar-refractivity contribution >= 4 is 17.4 Å². The highest BCUT2D eigenvalue weighted by Gasteiger charge is 2.45. The molecule has 1 saturated carbocycles. The number of Topliss-reactive ketones (excluding diaryl/α,β-unsaturated/α-hetero) is 1. The molecule has 0 saturated heterocycles. The third kappa shape index (κ3) is 5.33. The number of fused-ring (bicyclic) bond motifs is 1. The van der Waals surface area contributed by atoms with Crippen molar-refractivity contribution in [2.75, 3.05) is 14.2 Å². The second kappa shape index (κ2) is 11.5. The van der Waals surface area contributed by atoms with E-state index in [-0.39, 0.29) is 29.9 Å². The van der Waals surface area contributed by atoms with Crippen molar-refractivity contribution in [1.29, 1.82) is 0 Å². The second-order valence-corrected chi connectivity index (χ2v) is 10.6. The number of nitrogens with one attached hydrogen (secondary N) is 1. The van der Waals surface area contributed by atoms with Gasteiger partial charge in [0, 0.05) is 41.8 Å². The molecule has 210 valence electrons. The topological polar surface area (TPSA) is 117 Å². The zero-order valence-electron chi connectivity index (χ0n) is 23.0. The lowest BCUT2D eigenvalue weighted by atomic mass is 9.68. The molecule has 0 bridgehead atoms. The van der Waals surface area contributed by atoms with E-state index >= 15 is 0 Å². The van der Waals surface area contributed by atoms with Gasteiger partial charge < -0.3 is 19.5 Å². The number of non-ortho nitro benzene ring substituents is 1. The Hall–Kier alpha value is -4.14. The SMILES string of the molecule is COc1ccc(C2C=C3NC(C)=C(C(=O)OC4CCCCC4)C(c4cccc([N+](=O)[O-])c4)C3C(=O)C2)cc1OC. The molecule has 1 fully saturated rings. The van der Waals surface area contributed by atoms with E-state index in [0.29, 0.717) is 34.0 Å². The minimum atomic E-state index is -0.706. The monoisotopic (exact) mass is 546 g/mol. The summed E-state index contributed by atoms with van der Waals surface area (Å²) in [4.78, 5) is 38.7. The summed E-state index contributed by atoms with van der Waals surface area (Å²) in [6.45, 7) is 1.80. The van der Waals surface area contributed by atoms with Crippen molar-refractivity contribution in [2.45, 2.75) is 63.4 Å². The van der Waals surface area contributed by atoms with E-state index in [1.807, 2.05) is 24.3 Å². The summed E-state index contributed by atoms with van der Waals surface area (Å²) in [7, 11) is 3.14. The van der Waals surface area contributed by atoms with E-state index in [0.717, 1.165) is 37.7 Å². The van der Waals surface area contributed by atoms with Crippen LogP contribution in [0.5, 0.6) is 11.5 Å². The van der Waals surface area contributed by atoms with Gasteiger partial charge in [0.2, 0.25) is 0 Å². The van der Waals surface area contributed by atoms with Crippen LogP contribution in [0.3, 0.4) is 0 Å². The minimum absolute atomic E-state index is 0.0586. The molecule has 9 heteroatoms. The summed E-state index contributed by atoms with van der Waals surface area (Å²) in [6, 6.07) is 11.8. The number of ether oxygens (including phenoxy) is 3. The third-order valence-electron chi connectivity index (χ3n) is 8.19. The number of esters is 1. The van der Waals surface area contributed by atoms with Crippen LogP contribution in [-0.2, 0) is 14.3 Å². The number of ketones is 1. The Bertz CT molecular complexity index is 1390. The number of hydrogen-bond donors (Lipinski definition) is 1. The Morgan fingerprint density at radius 2 is 1.73 bits per heavy atom. The van der Waals surface area contributed by atoms with Crippen molar-refractivity contribution < 1.29 is 28.7 Å². The molecule has 5 rings (SSSR count). The molecule has 1 N–H and O–H groups in total. The van der Waals surface area contributed by atoms with Gasteiger partial charge in [-0.1, -0.05) is 30.7 Å². The van der Waals surface area contributed by atoms with E-state index in [2.05, 4.69) is 5.32 Å². The average molecular weight is 547 g/mol. The van der Waals surface area contributed by atoms with Crippen LogP contribution in [0.2, 0.25) is 0 Å². The van der Waals surface area contributed by atoms with Gasteiger partial charge in [-0.3, -0.25) is 14.9 Å². The number of nitro groups is 1. The van der Waals surface area contributed by atoms with Crippen LogP contribution >= 0.6 is 0 Å². The zero-order chi connectivity index (χ0) is 28.4. The average Bonchev–Trinajstić information content (AvgIpc) is 2.96. The predicted octanol–water partition coefficient (Wildman–Crippen LogP) is 5.71. The van der Waals surface area contributed by atoms with Crippen LogP contribution < -0.4 is 14.8 Å². The number of carbonyl (C=O) groups excluding carboxylic acids is 2. The molecule has 40 heavy (non-hydrogen) atoms. The van der Waals surface area contributed by atoms with Gasteiger partial charge in [0.05, 0.1) is 30.6 Å². The van der Waals surface area contributed by atoms with Gasteiger partial charge in [-0.2, -0.15) is 0 Å². The van der Waals surface area contributed by atoms with Crippen molar-refractivity contribution in [2.24, 2.45) is 5.92 Å². The molecule has 0 amide bonds. The normalized spacial score (nSPS) is 23.0. The van der Waals surface area contributed by atoms with Gasteiger partial charge in [0.25, 0.3) is 5.69 Å². The lowest BCUT2D eigenvalue weighted by molar-refractivity contribution is -0.384. The summed E-state index contributed by atoms with van der Waals surface area (Å²) in [5, 5.41) is 14.9. The summed E-state index contributed by atoms with van der Waals surface area (Å²) in [5.41, 5.74) is 2.96. The first-order valence-corrected chi connectivity index (χ1v) is 13.7. The molecule has 3 atom stereocenters. The van der Waals surface area contributed by atoms with Crippen LogP contribution in [0.1, 0.15) is 68.4 Å². The van der Waals surface area contributed by atoms with Gasteiger partial charge in [-0.15, -0.1) is 0 Å². The molecule has 3 aliphatic rings. The van der Waals surface area contributed by atoms with Crippen LogP contribution in [0.4, 0.5) is 5.69 Å². The van der Waals surface area contributed by atoms with E-state index in [1.54, 1.807) is 33.3 Å². The van der Waals surface area contributed by atoms with E-state index < -0.39 is 22.7 Å². The number of nitro benzene ring substituents is 1. The molecular weight excluding hydrogens is 512 g/mol. The molecular formula is C31H34N2O7. The molecule has 0 spiro atoms. The molecule has 0 radical (unpaired) electrons. The Kier molecular flexibility index (Phi) is 7.91. The molecule has 0 aromatic heterocycles. The number of allylic oxidation sites excluding steroid dienone is 3. The standard InChI is InChI=1S/C31H34N2O7/c1-18-28(31(35)40-23-10-5-4-6-11-23)29(20-8-7-9-22(14-20)33(36)37)30-24(32-18)15-21(16-25(30)34)19-12-13-26(38-2)27(17-19)39-3/h7-9,12-15,17,21,23,29-30,32H,4-6,10-11,16H2,1-3H3. The van der Waals surface area contributed by atoms with Crippen molar-refractivity contribution in [3.8, 4) is 11.5 Å². The Labute approximate surface area is 233 Å². The quantitative estimate of drug-likeness (QED) is 0.267. The van der Waals surface area contributed by atoms with Gasteiger partial charge in [-0.25, -0.2) is 4.79 Å². The third-order valence-corrected chi connectivity index (χ3v) is 8.19.